The second-order valence-electron chi connectivity index (χ2n) is 7.03. The minimum absolute atomic E-state index is 0.0164. The lowest BCUT2D eigenvalue weighted by molar-refractivity contribution is -0.0382. The van der Waals surface area contributed by atoms with Gasteiger partial charge in [-0.25, -0.2) is 13.3 Å². The smallest absolute Gasteiger partial charge is 0.248 e. The van der Waals surface area contributed by atoms with E-state index in [0.29, 0.717) is 29.7 Å². The zero-order valence-corrected chi connectivity index (χ0v) is 17.1. The van der Waals surface area contributed by atoms with Crippen LogP contribution >= 0.6 is 34.5 Å². The summed E-state index contributed by atoms with van der Waals surface area (Å²) >= 11 is 14.5. The van der Waals surface area contributed by atoms with Gasteiger partial charge >= 0.3 is 0 Å². The van der Waals surface area contributed by atoms with Crippen molar-refractivity contribution < 1.29 is 8.78 Å². The molecule has 27 heavy (non-hydrogen) atoms. The molecular formula is C19H19Cl2F2N3S. The second-order valence-corrected chi connectivity index (χ2v) is 8.81. The largest absolute Gasteiger partial charge is 0.378 e. The summed E-state index contributed by atoms with van der Waals surface area (Å²) in [6.07, 6.45) is 0.654. The molecule has 0 amide bonds. The van der Waals surface area contributed by atoms with Crippen LogP contribution in [0.4, 0.5) is 14.5 Å². The zero-order chi connectivity index (χ0) is 19.2. The Labute approximate surface area is 170 Å². The van der Waals surface area contributed by atoms with Gasteiger partial charge in [-0.05, 0) is 48.3 Å². The van der Waals surface area contributed by atoms with Gasteiger partial charge in [0.15, 0.2) is 5.15 Å². The molecule has 1 fully saturated rings. The zero-order valence-electron chi connectivity index (χ0n) is 14.7. The van der Waals surface area contributed by atoms with E-state index in [9.17, 15) is 8.78 Å². The van der Waals surface area contributed by atoms with Crippen molar-refractivity contribution in [1.82, 2.24) is 9.61 Å². The number of hydrogen-bond acceptors (Lipinski definition) is 3. The molecule has 1 aliphatic carbocycles. The van der Waals surface area contributed by atoms with E-state index >= 15 is 0 Å². The molecule has 0 bridgehead atoms. The molecule has 3 heterocycles. The van der Waals surface area contributed by atoms with E-state index in [-0.39, 0.29) is 18.8 Å². The number of hydrogen-bond donors (Lipinski definition) is 1. The summed E-state index contributed by atoms with van der Waals surface area (Å²) < 4.78 is 28.8. The third-order valence-electron chi connectivity index (χ3n) is 5.25. The van der Waals surface area contributed by atoms with Gasteiger partial charge in [-0.3, -0.25) is 0 Å². The highest BCUT2D eigenvalue weighted by Crippen LogP contribution is 2.46. The highest BCUT2D eigenvalue weighted by atomic mass is 35.5. The summed E-state index contributed by atoms with van der Waals surface area (Å²) in [6, 6.07) is 5.85. The van der Waals surface area contributed by atoms with Gasteiger partial charge in [0.1, 0.15) is 5.15 Å². The van der Waals surface area contributed by atoms with Crippen molar-refractivity contribution in [2.24, 2.45) is 0 Å². The van der Waals surface area contributed by atoms with Crippen molar-refractivity contribution in [2.45, 2.75) is 51.0 Å². The molecule has 4 rings (SSSR count). The Balaban J connectivity index is 1.73. The molecule has 8 heteroatoms. The fourth-order valence-electron chi connectivity index (χ4n) is 3.91. The van der Waals surface area contributed by atoms with Crippen LogP contribution in [0, 0.1) is 6.92 Å². The molecule has 3 aromatic heterocycles. The molecule has 3 nitrogen and oxygen atoms in total. The monoisotopic (exact) mass is 429 g/mol. The van der Waals surface area contributed by atoms with Gasteiger partial charge in [-0.2, -0.15) is 5.10 Å². The predicted molar refractivity (Wildman–Crippen MR) is 108 cm³/mol. The molecule has 0 atom stereocenters. The van der Waals surface area contributed by atoms with Gasteiger partial charge in [0.05, 0.1) is 11.2 Å². The number of halogens is 4. The van der Waals surface area contributed by atoms with Crippen molar-refractivity contribution in [3.63, 3.8) is 0 Å². The SMILES string of the molecule is Cc1c(C2CCC(F)(F)CC2)c(Cl)n2nc(Cl)cc(NCc3cccs3)c12. The summed E-state index contributed by atoms with van der Waals surface area (Å²) in [7, 11) is 0. The number of nitrogens with zero attached hydrogens (tertiary/aromatic N) is 2. The summed E-state index contributed by atoms with van der Waals surface area (Å²) in [5.74, 6) is -2.55. The molecule has 144 valence electrons. The summed E-state index contributed by atoms with van der Waals surface area (Å²) in [4.78, 5) is 1.20. The van der Waals surface area contributed by atoms with Crippen LogP contribution in [-0.4, -0.2) is 15.5 Å². The first kappa shape index (κ1) is 19.0. The predicted octanol–water partition coefficient (Wildman–Crippen LogP) is 6.92. The summed E-state index contributed by atoms with van der Waals surface area (Å²) in [6.45, 7) is 2.65. The molecule has 0 unspecified atom stereocenters. The first-order valence-electron chi connectivity index (χ1n) is 8.87. The summed E-state index contributed by atoms with van der Waals surface area (Å²) in [5.41, 5.74) is 3.60. The van der Waals surface area contributed by atoms with E-state index < -0.39 is 5.92 Å². The van der Waals surface area contributed by atoms with Gasteiger partial charge in [0, 0.05) is 30.3 Å². The Hall–Kier alpha value is -1.37. The van der Waals surface area contributed by atoms with Gasteiger partial charge in [-0.1, -0.05) is 29.3 Å². The van der Waals surface area contributed by atoms with Crippen LogP contribution < -0.4 is 5.32 Å². The van der Waals surface area contributed by atoms with Gasteiger partial charge in [0.2, 0.25) is 5.92 Å². The van der Waals surface area contributed by atoms with Gasteiger partial charge < -0.3 is 5.32 Å². The number of rotatable bonds is 4. The first-order chi connectivity index (χ1) is 12.9. The van der Waals surface area contributed by atoms with E-state index in [4.69, 9.17) is 23.2 Å². The maximum atomic E-state index is 13.6. The van der Waals surface area contributed by atoms with Crippen LogP contribution in [0.2, 0.25) is 10.3 Å². The molecule has 0 radical (unpaired) electrons. The average Bonchev–Trinajstić information content (AvgIpc) is 3.21. The van der Waals surface area contributed by atoms with Gasteiger partial charge in [-0.15, -0.1) is 11.3 Å². The number of aromatic nitrogens is 2. The van der Waals surface area contributed by atoms with Crippen LogP contribution in [0.3, 0.4) is 0 Å². The Kier molecular flexibility index (Phi) is 5.08. The second kappa shape index (κ2) is 7.22. The van der Waals surface area contributed by atoms with Crippen LogP contribution in [0.25, 0.3) is 5.52 Å². The molecule has 0 spiro atoms. The molecule has 0 aromatic carbocycles. The standard InChI is InChI=1S/C19H19Cl2F2N3S/c1-11-16(12-4-6-19(22,23)7-5-12)18(21)26-17(11)14(9-15(20)25-26)24-10-13-3-2-8-27-13/h2-3,8-9,12,24H,4-7,10H2,1H3. The third-order valence-corrected chi connectivity index (χ3v) is 6.68. The van der Waals surface area contributed by atoms with E-state index in [1.165, 1.54) is 4.88 Å². The number of thiophene rings is 1. The number of anilines is 1. The van der Waals surface area contributed by atoms with Crippen molar-refractivity contribution in [1.29, 1.82) is 0 Å². The normalized spacial score (nSPS) is 17.5. The quantitative estimate of drug-likeness (QED) is 0.487. The van der Waals surface area contributed by atoms with Crippen LogP contribution in [0.15, 0.2) is 23.6 Å². The third kappa shape index (κ3) is 3.67. The average molecular weight is 430 g/mol. The van der Waals surface area contributed by atoms with E-state index in [0.717, 1.165) is 22.3 Å². The number of aryl methyl sites for hydroxylation is 1. The maximum absolute atomic E-state index is 13.6. The molecule has 0 aliphatic heterocycles. The number of fused-ring (bicyclic) bond motifs is 1. The Morgan fingerprint density at radius 2 is 2.07 bits per heavy atom. The number of nitrogens with one attached hydrogen (secondary N) is 1. The number of alkyl halides is 2. The van der Waals surface area contributed by atoms with Crippen LogP contribution in [0.5, 0.6) is 0 Å². The van der Waals surface area contributed by atoms with Crippen molar-refractivity contribution >= 4 is 45.7 Å². The minimum atomic E-state index is -2.56. The topological polar surface area (TPSA) is 29.3 Å². The lowest BCUT2D eigenvalue weighted by Crippen LogP contribution is -2.23. The van der Waals surface area contributed by atoms with E-state index in [1.807, 2.05) is 18.4 Å². The molecule has 1 saturated carbocycles. The summed E-state index contributed by atoms with van der Waals surface area (Å²) in [5, 5.41) is 10.6. The maximum Gasteiger partial charge on any atom is 0.248 e. The van der Waals surface area contributed by atoms with Crippen LogP contribution in [0.1, 0.15) is 47.6 Å². The Morgan fingerprint density at radius 3 is 2.74 bits per heavy atom. The van der Waals surface area contributed by atoms with Crippen LogP contribution in [-0.2, 0) is 6.54 Å². The molecule has 1 aliphatic rings. The molecule has 0 saturated heterocycles. The van der Waals surface area contributed by atoms with Crippen molar-refractivity contribution in [3.8, 4) is 0 Å². The van der Waals surface area contributed by atoms with Gasteiger partial charge in [0.25, 0.3) is 0 Å². The lowest BCUT2D eigenvalue weighted by Gasteiger charge is -2.28. The van der Waals surface area contributed by atoms with E-state index in [1.54, 1.807) is 21.9 Å². The fourth-order valence-corrected chi connectivity index (χ4v) is 5.16. The Morgan fingerprint density at radius 1 is 1.33 bits per heavy atom. The van der Waals surface area contributed by atoms with Crippen molar-refractivity contribution in [3.05, 3.63) is 49.9 Å². The highest BCUT2D eigenvalue weighted by Gasteiger charge is 2.37. The van der Waals surface area contributed by atoms with Crippen molar-refractivity contribution in [2.75, 3.05) is 5.32 Å². The first-order valence-corrected chi connectivity index (χ1v) is 10.5. The molecule has 1 N–H and O–H groups in total. The van der Waals surface area contributed by atoms with E-state index in [2.05, 4.69) is 16.5 Å². The Bertz CT molecular complexity index is 959. The lowest BCUT2D eigenvalue weighted by atomic mass is 9.82. The molecular weight excluding hydrogens is 411 g/mol. The highest BCUT2D eigenvalue weighted by molar-refractivity contribution is 7.09. The minimum Gasteiger partial charge on any atom is -0.378 e. The fraction of sp³-hybridized carbons (Fsp3) is 0.421. The molecule has 3 aromatic rings.